The largest absolute Gasteiger partial charge is 0.326 e. The van der Waals surface area contributed by atoms with Gasteiger partial charge in [-0.05, 0) is 23.1 Å². The van der Waals surface area contributed by atoms with Crippen molar-refractivity contribution in [3.63, 3.8) is 0 Å². The number of rotatable bonds is 3. The van der Waals surface area contributed by atoms with Gasteiger partial charge in [-0.3, -0.25) is 4.98 Å². The van der Waals surface area contributed by atoms with Gasteiger partial charge in [0.1, 0.15) is 5.69 Å². The maximum absolute atomic E-state index is 5.56. The second-order valence-electron chi connectivity index (χ2n) is 4.12. The normalized spacial score (nSPS) is 10.8. The number of thiophene rings is 1. The molecular weight excluding hydrogens is 258 g/mol. The molecule has 5 nitrogen and oxygen atoms in total. The highest BCUT2D eigenvalue weighted by Crippen LogP contribution is 2.24. The molecule has 0 bridgehead atoms. The molecule has 3 heterocycles. The Hall–Kier alpha value is -2.05. The van der Waals surface area contributed by atoms with Crippen LogP contribution in [0.15, 0.2) is 35.8 Å². The number of nitrogens with zero attached hydrogens (tertiary/aromatic N) is 4. The van der Waals surface area contributed by atoms with Crippen molar-refractivity contribution in [3.05, 3.63) is 41.4 Å². The lowest BCUT2D eigenvalue weighted by Gasteiger charge is -2.00. The second kappa shape index (κ2) is 4.91. The van der Waals surface area contributed by atoms with E-state index in [4.69, 9.17) is 5.73 Å². The van der Waals surface area contributed by atoms with Gasteiger partial charge in [-0.2, -0.15) is 0 Å². The van der Waals surface area contributed by atoms with E-state index in [1.165, 1.54) is 0 Å². The topological polar surface area (TPSA) is 69.6 Å². The standard InChI is InChI=1S/C13H13N5S/c1-18-13(10-5-4-9(7-14)8-15-10)16-12(17-18)11-3-2-6-19-11/h2-6,8H,7,14H2,1H3. The highest BCUT2D eigenvalue weighted by atomic mass is 32.1. The van der Waals surface area contributed by atoms with Crippen LogP contribution >= 0.6 is 11.3 Å². The Balaban J connectivity index is 2.00. The van der Waals surface area contributed by atoms with Gasteiger partial charge in [0.05, 0.1) is 4.88 Å². The van der Waals surface area contributed by atoms with Gasteiger partial charge in [0.25, 0.3) is 0 Å². The first kappa shape index (κ1) is 12.0. The molecule has 6 heteroatoms. The summed E-state index contributed by atoms with van der Waals surface area (Å²) in [5.74, 6) is 1.49. The van der Waals surface area contributed by atoms with Crippen LogP contribution in [0.3, 0.4) is 0 Å². The third-order valence-electron chi connectivity index (χ3n) is 2.79. The molecule has 3 aromatic rings. The lowest BCUT2D eigenvalue weighted by molar-refractivity contribution is 0.774. The van der Waals surface area contributed by atoms with Crippen LogP contribution in [0.4, 0.5) is 0 Å². The van der Waals surface area contributed by atoms with E-state index in [1.807, 2.05) is 36.7 Å². The summed E-state index contributed by atoms with van der Waals surface area (Å²) in [5, 5.41) is 6.44. The average molecular weight is 271 g/mol. The Morgan fingerprint density at radius 3 is 2.84 bits per heavy atom. The molecule has 0 aliphatic carbocycles. The lowest BCUT2D eigenvalue weighted by atomic mass is 10.2. The van der Waals surface area contributed by atoms with Crippen LogP contribution in [0.2, 0.25) is 0 Å². The molecule has 0 radical (unpaired) electrons. The van der Waals surface area contributed by atoms with Gasteiger partial charge >= 0.3 is 0 Å². The minimum atomic E-state index is 0.493. The highest BCUT2D eigenvalue weighted by Gasteiger charge is 2.12. The van der Waals surface area contributed by atoms with E-state index in [2.05, 4.69) is 15.1 Å². The van der Waals surface area contributed by atoms with Crippen LogP contribution in [0, 0.1) is 0 Å². The van der Waals surface area contributed by atoms with Gasteiger partial charge in [0, 0.05) is 19.8 Å². The van der Waals surface area contributed by atoms with Gasteiger partial charge in [0.15, 0.2) is 11.6 Å². The first-order valence-corrected chi connectivity index (χ1v) is 6.76. The molecule has 96 valence electrons. The lowest BCUT2D eigenvalue weighted by Crippen LogP contribution is -1.99. The average Bonchev–Trinajstić information content (AvgIpc) is 3.08. The predicted octanol–water partition coefficient (Wildman–Crippen LogP) is 2.06. The number of hydrogen-bond donors (Lipinski definition) is 1. The SMILES string of the molecule is Cn1nc(-c2cccs2)nc1-c1ccc(CN)cn1. The molecular formula is C13H13N5S. The molecule has 0 amide bonds. The van der Waals surface area contributed by atoms with Crippen LogP contribution in [-0.4, -0.2) is 19.7 Å². The zero-order chi connectivity index (χ0) is 13.2. The Kier molecular flexibility index (Phi) is 3.10. The van der Waals surface area contributed by atoms with E-state index >= 15 is 0 Å². The van der Waals surface area contributed by atoms with Crippen LogP contribution in [0.1, 0.15) is 5.56 Å². The van der Waals surface area contributed by atoms with Crippen molar-refractivity contribution in [1.82, 2.24) is 19.7 Å². The summed E-state index contributed by atoms with van der Waals surface area (Å²) in [5.41, 5.74) is 7.37. The molecule has 0 spiro atoms. The highest BCUT2D eigenvalue weighted by molar-refractivity contribution is 7.13. The number of aryl methyl sites for hydroxylation is 1. The van der Waals surface area contributed by atoms with Crippen molar-refractivity contribution in [2.24, 2.45) is 12.8 Å². The summed E-state index contributed by atoms with van der Waals surface area (Å²) in [6.07, 6.45) is 1.77. The molecule has 0 saturated heterocycles. The van der Waals surface area contributed by atoms with E-state index in [9.17, 15) is 0 Å². The molecule has 19 heavy (non-hydrogen) atoms. The zero-order valence-corrected chi connectivity index (χ0v) is 11.3. The monoisotopic (exact) mass is 271 g/mol. The summed E-state index contributed by atoms with van der Waals surface area (Å²) >= 11 is 1.62. The first-order chi connectivity index (χ1) is 9.28. The number of nitrogens with two attached hydrogens (primary N) is 1. The molecule has 0 unspecified atom stereocenters. The predicted molar refractivity (Wildman–Crippen MR) is 75.4 cm³/mol. The Morgan fingerprint density at radius 1 is 1.32 bits per heavy atom. The minimum absolute atomic E-state index is 0.493. The van der Waals surface area contributed by atoms with Crippen molar-refractivity contribution >= 4 is 11.3 Å². The summed E-state index contributed by atoms with van der Waals surface area (Å²) in [6, 6.07) is 7.88. The third-order valence-corrected chi connectivity index (χ3v) is 3.66. The molecule has 0 saturated carbocycles. The fourth-order valence-corrected chi connectivity index (χ4v) is 2.45. The van der Waals surface area contributed by atoms with Crippen molar-refractivity contribution in [2.75, 3.05) is 0 Å². The number of pyridine rings is 1. The summed E-state index contributed by atoms with van der Waals surface area (Å²) < 4.78 is 1.75. The Morgan fingerprint density at radius 2 is 2.21 bits per heavy atom. The van der Waals surface area contributed by atoms with Crippen LogP contribution in [0.25, 0.3) is 22.2 Å². The molecule has 0 fully saturated rings. The zero-order valence-electron chi connectivity index (χ0n) is 10.4. The molecule has 3 rings (SSSR count). The van der Waals surface area contributed by atoms with E-state index in [-0.39, 0.29) is 0 Å². The van der Waals surface area contributed by atoms with Crippen molar-refractivity contribution in [1.29, 1.82) is 0 Å². The van der Waals surface area contributed by atoms with Crippen LogP contribution in [-0.2, 0) is 13.6 Å². The molecule has 0 aliphatic rings. The van der Waals surface area contributed by atoms with Gasteiger partial charge in [-0.1, -0.05) is 12.1 Å². The maximum Gasteiger partial charge on any atom is 0.191 e. The van der Waals surface area contributed by atoms with Crippen molar-refractivity contribution in [3.8, 4) is 22.2 Å². The van der Waals surface area contributed by atoms with Gasteiger partial charge in [-0.25, -0.2) is 9.67 Å². The van der Waals surface area contributed by atoms with Gasteiger partial charge < -0.3 is 5.73 Å². The Labute approximate surface area is 114 Å². The molecule has 0 atom stereocenters. The summed E-state index contributed by atoms with van der Waals surface area (Å²) in [7, 11) is 1.87. The van der Waals surface area contributed by atoms with E-state index < -0.39 is 0 Å². The quantitative estimate of drug-likeness (QED) is 0.791. The van der Waals surface area contributed by atoms with Gasteiger partial charge in [0.2, 0.25) is 0 Å². The van der Waals surface area contributed by atoms with E-state index in [0.717, 1.165) is 27.8 Å². The Bertz CT molecular complexity index is 670. The van der Waals surface area contributed by atoms with Gasteiger partial charge in [-0.15, -0.1) is 16.4 Å². The second-order valence-corrected chi connectivity index (χ2v) is 5.06. The minimum Gasteiger partial charge on any atom is -0.326 e. The number of aromatic nitrogens is 4. The maximum atomic E-state index is 5.56. The van der Waals surface area contributed by atoms with Crippen molar-refractivity contribution < 1.29 is 0 Å². The fraction of sp³-hybridized carbons (Fsp3) is 0.154. The third kappa shape index (κ3) is 2.27. The summed E-state index contributed by atoms with van der Waals surface area (Å²) in [6.45, 7) is 0.493. The molecule has 3 aromatic heterocycles. The van der Waals surface area contributed by atoms with Crippen LogP contribution in [0.5, 0.6) is 0 Å². The van der Waals surface area contributed by atoms with E-state index in [1.54, 1.807) is 22.2 Å². The molecule has 0 aromatic carbocycles. The molecule has 0 aliphatic heterocycles. The summed E-state index contributed by atoms with van der Waals surface area (Å²) in [4.78, 5) is 9.98. The van der Waals surface area contributed by atoms with E-state index in [0.29, 0.717) is 6.54 Å². The molecule has 2 N–H and O–H groups in total. The van der Waals surface area contributed by atoms with Crippen LogP contribution < -0.4 is 5.73 Å². The van der Waals surface area contributed by atoms with Crippen molar-refractivity contribution in [2.45, 2.75) is 6.54 Å². The smallest absolute Gasteiger partial charge is 0.191 e. The first-order valence-electron chi connectivity index (χ1n) is 5.88. The number of hydrogen-bond acceptors (Lipinski definition) is 5. The fourth-order valence-electron chi connectivity index (χ4n) is 1.80.